The molecule has 3 aromatic rings. The fourth-order valence-electron chi connectivity index (χ4n) is 4.92. The zero-order chi connectivity index (χ0) is 26.7. The van der Waals surface area contributed by atoms with Crippen LogP contribution in [0.2, 0.25) is 0 Å². The number of amides is 2. The van der Waals surface area contributed by atoms with E-state index in [1.165, 1.54) is 16.0 Å². The third kappa shape index (κ3) is 5.74. The van der Waals surface area contributed by atoms with Crippen molar-refractivity contribution in [3.8, 4) is 5.75 Å². The molecule has 1 aliphatic heterocycles. The van der Waals surface area contributed by atoms with Gasteiger partial charge in [-0.2, -0.15) is 0 Å². The van der Waals surface area contributed by atoms with Gasteiger partial charge in [0.2, 0.25) is 5.91 Å². The Hall–Kier alpha value is -3.12. The van der Waals surface area contributed by atoms with E-state index in [9.17, 15) is 9.59 Å². The largest absolute Gasteiger partial charge is 0.497 e. The quantitative estimate of drug-likeness (QED) is 0.360. The minimum absolute atomic E-state index is 0.0294. The van der Waals surface area contributed by atoms with Gasteiger partial charge in [0.15, 0.2) is 0 Å². The van der Waals surface area contributed by atoms with Gasteiger partial charge in [0.25, 0.3) is 5.91 Å². The first-order valence-corrected chi connectivity index (χ1v) is 13.9. The Morgan fingerprint density at radius 3 is 2.51 bits per heavy atom. The van der Waals surface area contributed by atoms with E-state index in [2.05, 4.69) is 56.5 Å². The number of nitrogens with zero attached hydrogens (tertiary/aromatic N) is 2. The number of carbonyl (C=O) groups excluding carboxylic acids is 2. The van der Waals surface area contributed by atoms with E-state index in [0.717, 1.165) is 18.4 Å². The number of benzene rings is 2. The van der Waals surface area contributed by atoms with Crippen LogP contribution < -0.4 is 4.74 Å². The summed E-state index contributed by atoms with van der Waals surface area (Å²) in [6.45, 7) is 11.3. The number of hydrogen-bond acceptors (Lipinski definition) is 4. The van der Waals surface area contributed by atoms with Crippen LogP contribution in [-0.4, -0.2) is 47.9 Å². The highest BCUT2D eigenvalue weighted by atomic mass is 32.1. The molecule has 0 saturated heterocycles. The summed E-state index contributed by atoms with van der Waals surface area (Å²) in [7, 11) is 1.59. The number of hydrogen-bond donors (Lipinski definition) is 0. The first kappa shape index (κ1) is 26.9. The van der Waals surface area contributed by atoms with Crippen molar-refractivity contribution in [1.29, 1.82) is 0 Å². The Morgan fingerprint density at radius 1 is 1.14 bits per heavy atom. The van der Waals surface area contributed by atoms with E-state index in [1.807, 2.05) is 30.9 Å². The van der Waals surface area contributed by atoms with E-state index in [1.54, 1.807) is 35.5 Å². The Labute approximate surface area is 225 Å². The van der Waals surface area contributed by atoms with Crippen molar-refractivity contribution in [2.45, 2.75) is 65.0 Å². The monoisotopic (exact) mass is 518 g/mol. The van der Waals surface area contributed by atoms with Gasteiger partial charge in [-0.1, -0.05) is 58.0 Å². The second-order valence-electron chi connectivity index (χ2n) is 10.8. The van der Waals surface area contributed by atoms with Crippen molar-refractivity contribution in [2.24, 2.45) is 0 Å². The summed E-state index contributed by atoms with van der Waals surface area (Å²) in [6, 6.07) is 17.7. The van der Waals surface area contributed by atoms with Gasteiger partial charge in [-0.3, -0.25) is 9.59 Å². The van der Waals surface area contributed by atoms with E-state index in [0.29, 0.717) is 17.9 Å². The molecule has 0 N–H and O–H groups in total. The maximum Gasteiger partial charge on any atom is 0.254 e. The summed E-state index contributed by atoms with van der Waals surface area (Å²) in [5.41, 5.74) is 4.16. The summed E-state index contributed by atoms with van der Waals surface area (Å²) in [5.74, 6) is 0.445. The smallest absolute Gasteiger partial charge is 0.254 e. The lowest BCUT2D eigenvalue weighted by atomic mass is 9.85. The summed E-state index contributed by atoms with van der Waals surface area (Å²) in [6.07, 6.45) is 1.60. The van der Waals surface area contributed by atoms with Gasteiger partial charge in [-0.15, -0.1) is 11.3 Å². The molecule has 37 heavy (non-hydrogen) atoms. The molecule has 0 bridgehead atoms. The van der Waals surface area contributed by atoms with E-state index >= 15 is 0 Å². The van der Waals surface area contributed by atoms with Crippen molar-refractivity contribution < 1.29 is 14.3 Å². The number of ether oxygens (including phenoxy) is 1. The molecule has 196 valence electrons. The van der Waals surface area contributed by atoms with Crippen molar-refractivity contribution >= 4 is 23.2 Å². The van der Waals surface area contributed by atoms with Gasteiger partial charge in [-0.05, 0) is 71.5 Å². The summed E-state index contributed by atoms with van der Waals surface area (Å²) >= 11 is 1.76. The minimum Gasteiger partial charge on any atom is -0.497 e. The maximum absolute atomic E-state index is 13.9. The Balaban J connectivity index is 1.64. The molecule has 1 aliphatic rings. The molecule has 2 atom stereocenters. The summed E-state index contributed by atoms with van der Waals surface area (Å²) < 4.78 is 5.32. The summed E-state index contributed by atoms with van der Waals surface area (Å²) in [4.78, 5) is 32.5. The zero-order valence-corrected chi connectivity index (χ0v) is 23.6. The first-order chi connectivity index (χ1) is 17.6. The molecule has 4 rings (SSSR count). The lowest BCUT2D eigenvalue weighted by molar-refractivity contribution is -0.134. The predicted molar refractivity (Wildman–Crippen MR) is 151 cm³/mol. The second-order valence-corrected chi connectivity index (χ2v) is 11.8. The molecule has 2 unspecified atom stereocenters. The Morgan fingerprint density at radius 2 is 1.86 bits per heavy atom. The van der Waals surface area contributed by atoms with Crippen molar-refractivity contribution in [2.75, 3.05) is 20.2 Å². The minimum atomic E-state index is -0.152. The van der Waals surface area contributed by atoms with Crippen LogP contribution in [-0.2, 0) is 16.6 Å². The van der Waals surface area contributed by atoms with Crippen LogP contribution in [0.4, 0.5) is 0 Å². The number of rotatable bonds is 7. The third-order valence-electron chi connectivity index (χ3n) is 7.38. The molecular weight excluding hydrogens is 480 g/mol. The topological polar surface area (TPSA) is 49.9 Å². The van der Waals surface area contributed by atoms with Crippen molar-refractivity contribution in [3.63, 3.8) is 0 Å². The van der Waals surface area contributed by atoms with Crippen LogP contribution in [0.25, 0.3) is 0 Å². The van der Waals surface area contributed by atoms with Crippen molar-refractivity contribution in [3.05, 3.63) is 87.1 Å². The molecule has 1 aromatic heterocycles. The highest BCUT2D eigenvalue weighted by Crippen LogP contribution is 2.38. The average Bonchev–Trinajstić information content (AvgIpc) is 3.39. The van der Waals surface area contributed by atoms with E-state index < -0.39 is 0 Å². The average molecular weight is 519 g/mol. The molecule has 2 amide bonds. The van der Waals surface area contributed by atoms with Crippen LogP contribution >= 0.6 is 11.3 Å². The van der Waals surface area contributed by atoms with Crippen LogP contribution in [0.5, 0.6) is 5.75 Å². The molecule has 5 nitrogen and oxygen atoms in total. The SMILES string of the molecule is CCC(C)N(CC(=O)N1CCc2sccc2C1c1ccc(C(C)(C)C)cc1)C(=O)c1cccc(OC)c1. The molecule has 6 heteroatoms. The molecule has 0 aliphatic carbocycles. The fraction of sp³-hybridized carbons (Fsp3) is 0.419. The second kappa shape index (κ2) is 11.1. The zero-order valence-electron chi connectivity index (χ0n) is 22.8. The Bertz CT molecular complexity index is 1240. The maximum atomic E-state index is 13.9. The number of carbonyl (C=O) groups is 2. The molecule has 0 fully saturated rings. The standard InChI is InChI=1S/C31H38N2O3S/c1-7-21(2)33(30(35)23-9-8-10-25(19-23)36-6)20-28(34)32-17-15-27-26(16-18-37-27)29(32)22-11-13-24(14-12-22)31(3,4)5/h8-14,16,18-19,21,29H,7,15,17,20H2,1-6H3. The van der Waals surface area contributed by atoms with Crippen molar-refractivity contribution in [1.82, 2.24) is 9.80 Å². The highest BCUT2D eigenvalue weighted by molar-refractivity contribution is 7.10. The van der Waals surface area contributed by atoms with Gasteiger partial charge in [0, 0.05) is 23.0 Å². The van der Waals surface area contributed by atoms with Crippen LogP contribution in [0.3, 0.4) is 0 Å². The third-order valence-corrected chi connectivity index (χ3v) is 8.38. The van der Waals surface area contributed by atoms with Crippen LogP contribution in [0, 0.1) is 0 Å². The first-order valence-electron chi connectivity index (χ1n) is 13.0. The van der Waals surface area contributed by atoms with Gasteiger partial charge >= 0.3 is 0 Å². The molecule has 0 spiro atoms. The predicted octanol–water partition coefficient (Wildman–Crippen LogP) is 6.47. The molecule has 0 radical (unpaired) electrons. The number of fused-ring (bicyclic) bond motifs is 1. The molecular formula is C31H38N2O3S. The number of thiophene rings is 1. The van der Waals surface area contributed by atoms with Crippen LogP contribution in [0.1, 0.15) is 79.0 Å². The van der Waals surface area contributed by atoms with Gasteiger partial charge in [0.1, 0.15) is 12.3 Å². The van der Waals surface area contributed by atoms with Crippen LogP contribution in [0.15, 0.2) is 60.0 Å². The number of methoxy groups -OCH3 is 1. The Kier molecular flexibility index (Phi) is 8.08. The van der Waals surface area contributed by atoms with Gasteiger partial charge in [-0.25, -0.2) is 0 Å². The normalized spacial score (nSPS) is 16.2. The molecule has 0 saturated carbocycles. The molecule has 2 heterocycles. The molecule has 2 aromatic carbocycles. The van der Waals surface area contributed by atoms with E-state index in [4.69, 9.17) is 4.74 Å². The lowest BCUT2D eigenvalue weighted by Crippen LogP contribution is -2.49. The fourth-order valence-corrected chi connectivity index (χ4v) is 5.82. The van der Waals surface area contributed by atoms with E-state index in [-0.39, 0.29) is 35.9 Å². The summed E-state index contributed by atoms with van der Waals surface area (Å²) in [5, 5.41) is 2.12. The lowest BCUT2D eigenvalue weighted by Gasteiger charge is -2.38. The highest BCUT2D eigenvalue weighted by Gasteiger charge is 2.35. The van der Waals surface area contributed by atoms with Gasteiger partial charge < -0.3 is 14.5 Å². The van der Waals surface area contributed by atoms with Gasteiger partial charge in [0.05, 0.1) is 13.2 Å².